The van der Waals surface area contributed by atoms with Crippen molar-refractivity contribution in [1.29, 1.82) is 0 Å². The second-order valence-electron chi connectivity index (χ2n) is 6.15. The fourth-order valence-corrected chi connectivity index (χ4v) is 3.38. The Kier molecular flexibility index (Phi) is 4.83. The molecule has 6 nitrogen and oxygen atoms in total. The van der Waals surface area contributed by atoms with Gasteiger partial charge in [0, 0.05) is 25.3 Å². The summed E-state index contributed by atoms with van der Waals surface area (Å²) in [6, 6.07) is 7.67. The summed E-state index contributed by atoms with van der Waals surface area (Å²) in [5, 5.41) is 0. The zero-order valence-corrected chi connectivity index (χ0v) is 13.9. The first-order valence-electron chi connectivity index (χ1n) is 8.47. The lowest BCUT2D eigenvalue weighted by Gasteiger charge is -2.31. The molecule has 0 bridgehead atoms. The number of piperidine rings is 1. The summed E-state index contributed by atoms with van der Waals surface area (Å²) in [5.74, 6) is -1.33. The van der Waals surface area contributed by atoms with Crippen molar-refractivity contribution in [2.45, 2.75) is 26.2 Å². The van der Waals surface area contributed by atoms with Gasteiger partial charge in [-0.05, 0) is 37.8 Å². The minimum atomic E-state index is -0.478. The van der Waals surface area contributed by atoms with Gasteiger partial charge in [-0.15, -0.1) is 0 Å². The lowest BCUT2D eigenvalue weighted by atomic mass is 9.97. The molecule has 6 heteroatoms. The van der Waals surface area contributed by atoms with Gasteiger partial charge in [-0.3, -0.25) is 14.4 Å². The van der Waals surface area contributed by atoms with Crippen LogP contribution in [0, 0.1) is 5.92 Å². The number of carbonyl (C=O) groups is 3. The minimum Gasteiger partial charge on any atom is -0.466 e. The molecule has 2 amide bonds. The molecule has 2 aliphatic rings. The topological polar surface area (TPSA) is 66.9 Å². The summed E-state index contributed by atoms with van der Waals surface area (Å²) in [6.07, 6.45) is 1.88. The smallest absolute Gasteiger partial charge is 0.316 e. The molecule has 0 unspecified atom stereocenters. The summed E-state index contributed by atoms with van der Waals surface area (Å²) in [4.78, 5) is 40.0. The van der Waals surface area contributed by atoms with E-state index in [1.165, 1.54) is 0 Å². The SMILES string of the molecule is CCOC(=O)C1CCN(C(=O)C(=O)N2CCc3ccccc32)CC1. The van der Waals surface area contributed by atoms with Crippen molar-refractivity contribution in [1.82, 2.24) is 4.90 Å². The van der Waals surface area contributed by atoms with Gasteiger partial charge in [0.05, 0.1) is 12.5 Å². The van der Waals surface area contributed by atoms with Crippen molar-refractivity contribution < 1.29 is 19.1 Å². The second-order valence-corrected chi connectivity index (χ2v) is 6.15. The fourth-order valence-electron chi connectivity index (χ4n) is 3.38. The van der Waals surface area contributed by atoms with E-state index in [9.17, 15) is 14.4 Å². The van der Waals surface area contributed by atoms with Gasteiger partial charge in [0.25, 0.3) is 0 Å². The molecule has 1 fully saturated rings. The average molecular weight is 330 g/mol. The average Bonchev–Trinajstić information content (AvgIpc) is 3.05. The molecule has 3 rings (SSSR count). The summed E-state index contributed by atoms with van der Waals surface area (Å²) in [5.41, 5.74) is 1.93. The Bertz CT molecular complexity index is 650. The lowest BCUT2D eigenvalue weighted by Crippen LogP contribution is -2.48. The predicted molar refractivity (Wildman–Crippen MR) is 88.4 cm³/mol. The molecule has 0 atom stereocenters. The first-order chi connectivity index (χ1) is 11.6. The second kappa shape index (κ2) is 7.03. The molecular formula is C18H22N2O4. The number of carbonyl (C=O) groups excluding carboxylic acids is 3. The van der Waals surface area contributed by atoms with E-state index in [0.717, 1.165) is 17.7 Å². The zero-order valence-electron chi connectivity index (χ0n) is 13.9. The summed E-state index contributed by atoms with van der Waals surface area (Å²) in [6.45, 7) is 3.53. The molecule has 0 radical (unpaired) electrons. The Morgan fingerprint density at radius 1 is 1.08 bits per heavy atom. The number of esters is 1. The number of nitrogens with zero attached hydrogens (tertiary/aromatic N) is 2. The van der Waals surface area contributed by atoms with Gasteiger partial charge in [-0.25, -0.2) is 0 Å². The first kappa shape index (κ1) is 16.5. The molecule has 0 N–H and O–H groups in total. The van der Waals surface area contributed by atoms with Crippen LogP contribution in [0.15, 0.2) is 24.3 Å². The zero-order chi connectivity index (χ0) is 17.1. The van der Waals surface area contributed by atoms with Crippen molar-refractivity contribution in [3.63, 3.8) is 0 Å². The van der Waals surface area contributed by atoms with E-state index < -0.39 is 11.8 Å². The Morgan fingerprint density at radius 3 is 2.50 bits per heavy atom. The molecule has 0 aliphatic carbocycles. The summed E-state index contributed by atoms with van der Waals surface area (Å²) >= 11 is 0. The van der Waals surface area contributed by atoms with E-state index >= 15 is 0 Å². The van der Waals surface area contributed by atoms with E-state index in [4.69, 9.17) is 4.74 Å². The van der Waals surface area contributed by atoms with Gasteiger partial charge in [-0.1, -0.05) is 18.2 Å². The Hall–Kier alpha value is -2.37. The van der Waals surface area contributed by atoms with Crippen LogP contribution >= 0.6 is 0 Å². The fraction of sp³-hybridized carbons (Fsp3) is 0.500. The van der Waals surface area contributed by atoms with Crippen molar-refractivity contribution >= 4 is 23.5 Å². The number of anilines is 1. The van der Waals surface area contributed by atoms with Crippen LogP contribution in [0.1, 0.15) is 25.3 Å². The Balaban J connectivity index is 1.60. The van der Waals surface area contributed by atoms with E-state index in [1.54, 1.807) is 16.7 Å². The normalized spacial score (nSPS) is 17.5. The van der Waals surface area contributed by atoms with Crippen LogP contribution < -0.4 is 4.90 Å². The number of likely N-dealkylation sites (tertiary alicyclic amines) is 1. The Labute approximate surface area is 141 Å². The van der Waals surface area contributed by atoms with Gasteiger partial charge in [0.2, 0.25) is 0 Å². The van der Waals surface area contributed by atoms with Crippen LogP contribution in [0.25, 0.3) is 0 Å². The van der Waals surface area contributed by atoms with Crippen LogP contribution in [-0.2, 0) is 25.5 Å². The third-order valence-corrected chi connectivity index (χ3v) is 4.72. The molecule has 0 aromatic heterocycles. The van der Waals surface area contributed by atoms with Crippen molar-refractivity contribution in [2.75, 3.05) is 31.1 Å². The van der Waals surface area contributed by atoms with Crippen molar-refractivity contribution in [2.24, 2.45) is 5.92 Å². The van der Waals surface area contributed by atoms with Gasteiger partial charge in [0.15, 0.2) is 0 Å². The third-order valence-electron chi connectivity index (χ3n) is 4.72. The van der Waals surface area contributed by atoms with Crippen LogP contribution in [0.5, 0.6) is 0 Å². The van der Waals surface area contributed by atoms with Crippen LogP contribution in [0.2, 0.25) is 0 Å². The number of ether oxygens (including phenoxy) is 1. The molecule has 24 heavy (non-hydrogen) atoms. The van der Waals surface area contributed by atoms with Gasteiger partial charge >= 0.3 is 17.8 Å². The molecular weight excluding hydrogens is 308 g/mol. The van der Waals surface area contributed by atoms with Gasteiger partial charge < -0.3 is 14.5 Å². The Morgan fingerprint density at radius 2 is 1.79 bits per heavy atom. The van der Waals surface area contributed by atoms with Crippen LogP contribution in [0.4, 0.5) is 5.69 Å². The largest absolute Gasteiger partial charge is 0.466 e. The maximum atomic E-state index is 12.6. The molecule has 2 aliphatic heterocycles. The third kappa shape index (κ3) is 3.13. The minimum absolute atomic E-state index is 0.170. The molecule has 0 spiro atoms. The highest BCUT2D eigenvalue weighted by Gasteiger charge is 2.35. The number of amides is 2. The van der Waals surface area contributed by atoms with Crippen molar-refractivity contribution in [3.8, 4) is 0 Å². The van der Waals surface area contributed by atoms with E-state index in [-0.39, 0.29) is 11.9 Å². The van der Waals surface area contributed by atoms with Crippen LogP contribution in [0.3, 0.4) is 0 Å². The molecule has 1 aromatic carbocycles. The number of fused-ring (bicyclic) bond motifs is 1. The summed E-state index contributed by atoms with van der Waals surface area (Å²) in [7, 11) is 0. The molecule has 1 aromatic rings. The molecule has 1 saturated heterocycles. The number of hydrogen-bond acceptors (Lipinski definition) is 4. The molecule has 2 heterocycles. The number of para-hydroxylation sites is 1. The van der Waals surface area contributed by atoms with E-state index in [2.05, 4.69) is 0 Å². The lowest BCUT2D eigenvalue weighted by molar-refractivity contribution is -0.152. The molecule has 0 saturated carbocycles. The molecule has 128 valence electrons. The quantitative estimate of drug-likeness (QED) is 0.607. The van der Waals surface area contributed by atoms with E-state index in [1.807, 2.05) is 24.3 Å². The number of hydrogen-bond donors (Lipinski definition) is 0. The van der Waals surface area contributed by atoms with Gasteiger partial charge in [-0.2, -0.15) is 0 Å². The van der Waals surface area contributed by atoms with Crippen molar-refractivity contribution in [3.05, 3.63) is 29.8 Å². The van der Waals surface area contributed by atoms with Crippen LogP contribution in [-0.4, -0.2) is 48.9 Å². The predicted octanol–water partition coefficient (Wildman–Crippen LogP) is 1.38. The first-order valence-corrected chi connectivity index (χ1v) is 8.47. The monoisotopic (exact) mass is 330 g/mol. The summed E-state index contributed by atoms with van der Waals surface area (Å²) < 4.78 is 5.03. The highest BCUT2D eigenvalue weighted by Crippen LogP contribution is 2.28. The highest BCUT2D eigenvalue weighted by molar-refractivity contribution is 6.40. The number of benzene rings is 1. The standard InChI is InChI=1S/C18H22N2O4/c1-2-24-18(23)14-7-10-19(11-8-14)16(21)17(22)20-12-9-13-5-3-4-6-15(13)20/h3-6,14H,2,7-12H2,1H3. The highest BCUT2D eigenvalue weighted by atomic mass is 16.5. The maximum Gasteiger partial charge on any atom is 0.316 e. The maximum absolute atomic E-state index is 12.6. The van der Waals surface area contributed by atoms with Gasteiger partial charge in [0.1, 0.15) is 0 Å². The number of rotatable bonds is 2. The van der Waals surface area contributed by atoms with E-state index in [0.29, 0.717) is 39.1 Å².